The van der Waals surface area contributed by atoms with Crippen molar-refractivity contribution in [3.63, 3.8) is 0 Å². The van der Waals surface area contributed by atoms with Gasteiger partial charge in [-0.25, -0.2) is 4.98 Å². The van der Waals surface area contributed by atoms with Crippen molar-refractivity contribution in [3.05, 3.63) is 59.4 Å². The predicted octanol–water partition coefficient (Wildman–Crippen LogP) is 4.52. The normalized spacial score (nSPS) is 11.3. The number of aryl methyl sites for hydroxylation is 1. The molecule has 1 N–H and O–H groups in total. The molecule has 2 heterocycles. The number of nitrogens with one attached hydrogen (secondary N) is 1. The number of ether oxygens (including phenoxy) is 1. The first kappa shape index (κ1) is 20.4. The van der Waals surface area contributed by atoms with Crippen LogP contribution >= 0.6 is 11.6 Å². The Kier molecular flexibility index (Phi) is 7.06. The number of benzene rings is 1. The molecule has 0 radical (unpaired) electrons. The van der Waals surface area contributed by atoms with Gasteiger partial charge in [0.15, 0.2) is 0 Å². The molecular formula is C22H26ClN3O2. The Morgan fingerprint density at radius 3 is 2.75 bits per heavy atom. The lowest BCUT2D eigenvalue weighted by Crippen LogP contribution is -2.26. The summed E-state index contributed by atoms with van der Waals surface area (Å²) in [7, 11) is 0. The monoisotopic (exact) mass is 399 g/mol. The Hall–Kier alpha value is -2.37. The van der Waals surface area contributed by atoms with Crippen LogP contribution in [0, 0.1) is 0 Å². The van der Waals surface area contributed by atoms with Gasteiger partial charge < -0.3 is 14.5 Å². The largest absolute Gasteiger partial charge is 0.379 e. The molecule has 1 aromatic carbocycles. The predicted molar refractivity (Wildman–Crippen MR) is 113 cm³/mol. The number of pyridine rings is 1. The molecule has 0 saturated heterocycles. The number of fused-ring (bicyclic) bond motifs is 1. The molecule has 0 bridgehead atoms. The average Bonchev–Trinajstić information content (AvgIpc) is 3.05. The molecule has 3 rings (SSSR count). The van der Waals surface area contributed by atoms with Gasteiger partial charge in [-0.3, -0.25) is 4.79 Å². The minimum atomic E-state index is 0.0393. The summed E-state index contributed by atoms with van der Waals surface area (Å²) >= 11 is 6.02. The number of carbonyl (C=O) groups excluding carboxylic acids is 1. The molecule has 0 aliphatic rings. The van der Waals surface area contributed by atoms with Gasteiger partial charge in [-0.1, -0.05) is 29.8 Å². The zero-order chi connectivity index (χ0) is 19.9. The third-order valence-electron chi connectivity index (χ3n) is 4.43. The van der Waals surface area contributed by atoms with Crippen LogP contribution in [0.2, 0.25) is 5.02 Å². The van der Waals surface area contributed by atoms with Crippen LogP contribution in [-0.2, 0) is 16.0 Å². The number of amides is 1. The first-order chi connectivity index (χ1) is 13.5. The second-order valence-electron chi connectivity index (χ2n) is 6.97. The van der Waals surface area contributed by atoms with Crippen molar-refractivity contribution < 1.29 is 9.53 Å². The van der Waals surface area contributed by atoms with Crippen LogP contribution in [0.25, 0.3) is 16.9 Å². The molecule has 28 heavy (non-hydrogen) atoms. The van der Waals surface area contributed by atoms with Gasteiger partial charge in [0.2, 0.25) is 5.91 Å². The lowest BCUT2D eigenvalue weighted by Gasteiger charge is -2.09. The fourth-order valence-electron chi connectivity index (χ4n) is 3.06. The summed E-state index contributed by atoms with van der Waals surface area (Å²) in [6.07, 6.45) is 4.04. The van der Waals surface area contributed by atoms with Gasteiger partial charge in [-0.15, -0.1) is 0 Å². The number of hydrogen-bond acceptors (Lipinski definition) is 3. The third kappa shape index (κ3) is 5.33. The van der Waals surface area contributed by atoms with Crippen LogP contribution in [0.3, 0.4) is 0 Å². The van der Waals surface area contributed by atoms with E-state index in [0.717, 1.165) is 29.0 Å². The van der Waals surface area contributed by atoms with Crippen LogP contribution in [0.15, 0.2) is 48.7 Å². The van der Waals surface area contributed by atoms with E-state index in [1.54, 1.807) is 0 Å². The van der Waals surface area contributed by atoms with E-state index >= 15 is 0 Å². The van der Waals surface area contributed by atoms with Crippen molar-refractivity contribution in [1.82, 2.24) is 14.7 Å². The summed E-state index contributed by atoms with van der Waals surface area (Å²) in [5, 5.41) is 3.66. The summed E-state index contributed by atoms with van der Waals surface area (Å²) in [6, 6.07) is 13.5. The standard InChI is InChI=1S/C22H26ClN3O2/c1-16(2)28-15-5-13-24-21(27)12-11-19-22(17-7-9-18(23)10-8-17)25-20-6-3-4-14-26(19)20/h3-4,6-10,14,16H,5,11-13,15H2,1-2H3,(H,24,27). The van der Waals surface area contributed by atoms with Crippen molar-refractivity contribution in [2.45, 2.75) is 39.2 Å². The number of nitrogens with zero attached hydrogens (tertiary/aromatic N) is 2. The minimum absolute atomic E-state index is 0.0393. The highest BCUT2D eigenvalue weighted by atomic mass is 35.5. The number of imidazole rings is 1. The van der Waals surface area contributed by atoms with E-state index in [0.29, 0.717) is 31.0 Å². The highest BCUT2D eigenvalue weighted by Crippen LogP contribution is 2.26. The van der Waals surface area contributed by atoms with Gasteiger partial charge in [-0.2, -0.15) is 0 Å². The molecule has 0 saturated carbocycles. The zero-order valence-electron chi connectivity index (χ0n) is 16.3. The van der Waals surface area contributed by atoms with E-state index in [4.69, 9.17) is 21.3 Å². The van der Waals surface area contributed by atoms with E-state index in [1.165, 1.54) is 0 Å². The topological polar surface area (TPSA) is 55.6 Å². The van der Waals surface area contributed by atoms with Gasteiger partial charge in [0.25, 0.3) is 0 Å². The molecule has 0 unspecified atom stereocenters. The van der Waals surface area contributed by atoms with Crippen molar-refractivity contribution in [1.29, 1.82) is 0 Å². The summed E-state index contributed by atoms with van der Waals surface area (Å²) in [5.41, 5.74) is 3.78. The van der Waals surface area contributed by atoms with E-state index in [9.17, 15) is 4.79 Å². The van der Waals surface area contributed by atoms with Crippen LogP contribution in [0.1, 0.15) is 32.4 Å². The number of aromatic nitrogens is 2. The Bertz CT molecular complexity index is 919. The Balaban J connectivity index is 1.67. The smallest absolute Gasteiger partial charge is 0.220 e. The van der Waals surface area contributed by atoms with Gasteiger partial charge in [-0.05, 0) is 51.0 Å². The highest BCUT2D eigenvalue weighted by molar-refractivity contribution is 6.30. The second kappa shape index (κ2) is 9.71. The number of carbonyl (C=O) groups is 1. The molecule has 0 fully saturated rings. The molecule has 0 atom stereocenters. The van der Waals surface area contributed by atoms with E-state index in [2.05, 4.69) is 5.32 Å². The van der Waals surface area contributed by atoms with Crippen LogP contribution in [-0.4, -0.2) is 34.5 Å². The first-order valence-corrected chi connectivity index (χ1v) is 10.0. The molecule has 3 aromatic rings. The fourth-order valence-corrected chi connectivity index (χ4v) is 3.19. The number of rotatable bonds is 9. The summed E-state index contributed by atoms with van der Waals surface area (Å²) in [4.78, 5) is 17.0. The second-order valence-corrected chi connectivity index (χ2v) is 7.40. The first-order valence-electron chi connectivity index (χ1n) is 9.65. The van der Waals surface area contributed by atoms with Crippen LogP contribution in [0.5, 0.6) is 0 Å². The van der Waals surface area contributed by atoms with E-state index in [1.807, 2.05) is 66.9 Å². The molecule has 2 aromatic heterocycles. The van der Waals surface area contributed by atoms with Gasteiger partial charge in [0, 0.05) is 36.4 Å². The lowest BCUT2D eigenvalue weighted by atomic mass is 10.1. The maximum absolute atomic E-state index is 12.3. The fraction of sp³-hybridized carbons (Fsp3) is 0.364. The van der Waals surface area contributed by atoms with Gasteiger partial charge in [0.05, 0.1) is 17.5 Å². The summed E-state index contributed by atoms with van der Waals surface area (Å²) < 4.78 is 7.54. The van der Waals surface area contributed by atoms with E-state index < -0.39 is 0 Å². The molecule has 6 heteroatoms. The average molecular weight is 400 g/mol. The number of hydrogen-bond donors (Lipinski definition) is 1. The summed E-state index contributed by atoms with van der Waals surface area (Å²) in [5.74, 6) is 0.0393. The van der Waals surface area contributed by atoms with Crippen LogP contribution < -0.4 is 5.32 Å². The van der Waals surface area contributed by atoms with Crippen molar-refractivity contribution >= 4 is 23.2 Å². The number of halogens is 1. The van der Waals surface area contributed by atoms with Crippen molar-refractivity contribution in [2.75, 3.05) is 13.2 Å². The molecular weight excluding hydrogens is 374 g/mol. The van der Waals surface area contributed by atoms with Crippen molar-refractivity contribution in [3.8, 4) is 11.3 Å². The van der Waals surface area contributed by atoms with Gasteiger partial charge >= 0.3 is 0 Å². The minimum Gasteiger partial charge on any atom is -0.379 e. The zero-order valence-corrected chi connectivity index (χ0v) is 17.1. The Morgan fingerprint density at radius 1 is 1.21 bits per heavy atom. The Morgan fingerprint density at radius 2 is 2.00 bits per heavy atom. The molecule has 0 aliphatic carbocycles. The maximum Gasteiger partial charge on any atom is 0.220 e. The third-order valence-corrected chi connectivity index (χ3v) is 4.68. The SMILES string of the molecule is CC(C)OCCCNC(=O)CCc1c(-c2ccc(Cl)cc2)nc2ccccn12. The molecule has 0 aliphatic heterocycles. The molecule has 0 spiro atoms. The van der Waals surface area contributed by atoms with Crippen molar-refractivity contribution in [2.24, 2.45) is 0 Å². The highest BCUT2D eigenvalue weighted by Gasteiger charge is 2.15. The maximum atomic E-state index is 12.3. The van der Waals surface area contributed by atoms with Crippen LogP contribution in [0.4, 0.5) is 0 Å². The van der Waals surface area contributed by atoms with Gasteiger partial charge in [0.1, 0.15) is 5.65 Å². The summed E-state index contributed by atoms with van der Waals surface area (Å²) in [6.45, 7) is 5.30. The van der Waals surface area contributed by atoms with E-state index in [-0.39, 0.29) is 12.0 Å². The Labute approximate surface area is 170 Å². The quantitative estimate of drug-likeness (QED) is 0.538. The lowest BCUT2D eigenvalue weighted by molar-refractivity contribution is -0.121. The molecule has 148 valence electrons. The molecule has 5 nitrogen and oxygen atoms in total. The molecule has 1 amide bonds.